The van der Waals surface area contributed by atoms with Crippen LogP contribution in [0.3, 0.4) is 0 Å². The predicted molar refractivity (Wildman–Crippen MR) is 70.6 cm³/mol. The van der Waals surface area contributed by atoms with E-state index in [4.69, 9.17) is 16.9 Å². The fraction of sp³-hybridized carbons (Fsp3) is 0.0714. The third kappa shape index (κ3) is 2.77. The summed E-state index contributed by atoms with van der Waals surface area (Å²) in [6.07, 6.45) is 0. The highest BCUT2D eigenvalue weighted by Gasteiger charge is 2.02. The van der Waals surface area contributed by atoms with Gasteiger partial charge in [-0.15, -0.1) is 0 Å². The zero-order chi connectivity index (χ0) is 12.3. The van der Waals surface area contributed by atoms with Gasteiger partial charge in [-0.25, -0.2) is 0 Å². The molecule has 0 aliphatic heterocycles. The summed E-state index contributed by atoms with van der Waals surface area (Å²) in [4.78, 5) is 0. The van der Waals surface area contributed by atoms with Crippen LogP contribution in [0.5, 0.6) is 0 Å². The summed E-state index contributed by atoms with van der Waals surface area (Å²) in [5.74, 6) is 0. The molecule has 17 heavy (non-hydrogen) atoms. The molecule has 0 aliphatic rings. The van der Waals surface area contributed by atoms with Gasteiger partial charge in [-0.3, -0.25) is 0 Å². The van der Waals surface area contributed by atoms with Gasteiger partial charge in [-0.2, -0.15) is 5.26 Å². The van der Waals surface area contributed by atoms with E-state index < -0.39 is 0 Å². The van der Waals surface area contributed by atoms with E-state index in [9.17, 15) is 0 Å². The summed E-state index contributed by atoms with van der Waals surface area (Å²) >= 11 is 5.84. The topological polar surface area (TPSA) is 35.8 Å². The first-order chi connectivity index (χ1) is 8.19. The molecule has 2 nitrogen and oxygen atoms in total. The second kappa shape index (κ2) is 4.90. The molecule has 0 fully saturated rings. The van der Waals surface area contributed by atoms with E-state index in [1.165, 1.54) is 5.56 Å². The van der Waals surface area contributed by atoms with Gasteiger partial charge in [0.2, 0.25) is 0 Å². The van der Waals surface area contributed by atoms with Crippen molar-refractivity contribution in [1.29, 1.82) is 5.26 Å². The molecule has 1 N–H and O–H groups in total. The van der Waals surface area contributed by atoms with Crippen molar-refractivity contribution >= 4 is 23.0 Å². The van der Waals surface area contributed by atoms with E-state index in [-0.39, 0.29) is 0 Å². The highest BCUT2D eigenvalue weighted by molar-refractivity contribution is 6.30. The van der Waals surface area contributed by atoms with E-state index in [2.05, 4.69) is 11.4 Å². The zero-order valence-electron chi connectivity index (χ0n) is 9.37. The Morgan fingerprint density at radius 3 is 2.47 bits per heavy atom. The van der Waals surface area contributed by atoms with Crippen LogP contribution >= 0.6 is 11.6 Å². The minimum Gasteiger partial charge on any atom is -0.354 e. The zero-order valence-corrected chi connectivity index (χ0v) is 10.1. The van der Waals surface area contributed by atoms with E-state index in [0.29, 0.717) is 10.6 Å². The van der Waals surface area contributed by atoms with Crippen LogP contribution in [0.1, 0.15) is 11.1 Å². The summed E-state index contributed by atoms with van der Waals surface area (Å²) in [7, 11) is 0. The maximum Gasteiger partial charge on any atom is 0.101 e. The van der Waals surface area contributed by atoms with Crippen LogP contribution in [0.2, 0.25) is 5.02 Å². The average molecular weight is 243 g/mol. The molecule has 0 heterocycles. The Kier molecular flexibility index (Phi) is 3.32. The lowest BCUT2D eigenvalue weighted by Crippen LogP contribution is -1.93. The maximum absolute atomic E-state index is 9.02. The largest absolute Gasteiger partial charge is 0.354 e. The lowest BCUT2D eigenvalue weighted by molar-refractivity contribution is 1.44. The molecule has 84 valence electrons. The first-order valence-electron chi connectivity index (χ1n) is 5.22. The number of nitriles is 1. The Morgan fingerprint density at radius 1 is 1.12 bits per heavy atom. The molecule has 2 aromatic carbocycles. The smallest absolute Gasteiger partial charge is 0.101 e. The first kappa shape index (κ1) is 11.5. The molecule has 0 atom stereocenters. The molecule has 2 aromatic rings. The van der Waals surface area contributed by atoms with E-state index in [0.717, 1.165) is 11.4 Å². The van der Waals surface area contributed by atoms with Crippen LogP contribution in [-0.2, 0) is 0 Å². The third-order valence-corrected chi connectivity index (χ3v) is 2.67. The predicted octanol–water partition coefficient (Wildman–Crippen LogP) is 4.26. The lowest BCUT2D eigenvalue weighted by atomic mass is 10.1. The molecule has 3 heteroatoms. The number of hydrogen-bond donors (Lipinski definition) is 1. The fourth-order valence-corrected chi connectivity index (χ4v) is 1.68. The SMILES string of the molecule is Cc1ccc(Nc2ccc(Cl)cc2C#N)cc1. The Balaban J connectivity index is 2.30. The molecule has 2 rings (SSSR count). The van der Waals surface area contributed by atoms with E-state index >= 15 is 0 Å². The molecular weight excluding hydrogens is 232 g/mol. The number of nitrogens with zero attached hydrogens (tertiary/aromatic N) is 1. The van der Waals surface area contributed by atoms with E-state index in [1.807, 2.05) is 31.2 Å². The molecule has 0 saturated heterocycles. The minimum atomic E-state index is 0.540. The van der Waals surface area contributed by atoms with Gasteiger partial charge in [0.1, 0.15) is 6.07 Å². The Hall–Kier alpha value is -1.98. The summed E-state index contributed by atoms with van der Waals surface area (Å²) < 4.78 is 0. The number of halogens is 1. The van der Waals surface area contributed by atoms with Gasteiger partial charge < -0.3 is 5.32 Å². The molecule has 0 radical (unpaired) electrons. The number of benzene rings is 2. The van der Waals surface area contributed by atoms with Crippen molar-refractivity contribution in [1.82, 2.24) is 0 Å². The molecule has 0 unspecified atom stereocenters. The molecule has 0 aromatic heterocycles. The van der Waals surface area contributed by atoms with Crippen LogP contribution in [-0.4, -0.2) is 0 Å². The second-order valence-electron chi connectivity index (χ2n) is 3.79. The average Bonchev–Trinajstić information content (AvgIpc) is 2.34. The first-order valence-corrected chi connectivity index (χ1v) is 5.60. The Labute approximate surface area is 105 Å². The Morgan fingerprint density at radius 2 is 1.82 bits per heavy atom. The summed E-state index contributed by atoms with van der Waals surface area (Å²) in [5, 5.41) is 12.8. The molecule has 0 amide bonds. The van der Waals surface area contributed by atoms with Crippen LogP contribution in [0.15, 0.2) is 42.5 Å². The van der Waals surface area contributed by atoms with Gasteiger partial charge in [0.25, 0.3) is 0 Å². The lowest BCUT2D eigenvalue weighted by Gasteiger charge is -2.08. The van der Waals surface area contributed by atoms with Crippen LogP contribution in [0.25, 0.3) is 0 Å². The van der Waals surface area contributed by atoms with Crippen molar-refractivity contribution in [2.75, 3.05) is 5.32 Å². The highest BCUT2D eigenvalue weighted by atomic mass is 35.5. The second-order valence-corrected chi connectivity index (χ2v) is 4.23. The van der Waals surface area contributed by atoms with Crippen molar-refractivity contribution in [3.63, 3.8) is 0 Å². The van der Waals surface area contributed by atoms with E-state index in [1.54, 1.807) is 18.2 Å². The summed E-state index contributed by atoms with van der Waals surface area (Å²) in [6, 6.07) is 15.3. The minimum absolute atomic E-state index is 0.540. The number of anilines is 2. The number of nitrogens with one attached hydrogen (secondary N) is 1. The van der Waals surface area contributed by atoms with Gasteiger partial charge in [-0.1, -0.05) is 29.3 Å². The molecule has 0 bridgehead atoms. The van der Waals surface area contributed by atoms with Crippen molar-refractivity contribution in [2.45, 2.75) is 6.92 Å². The van der Waals surface area contributed by atoms with Crippen molar-refractivity contribution in [3.05, 3.63) is 58.6 Å². The van der Waals surface area contributed by atoms with Crippen LogP contribution < -0.4 is 5.32 Å². The van der Waals surface area contributed by atoms with Crippen molar-refractivity contribution < 1.29 is 0 Å². The Bertz CT molecular complexity index is 568. The summed E-state index contributed by atoms with van der Waals surface area (Å²) in [5.41, 5.74) is 3.46. The number of aryl methyl sites for hydroxylation is 1. The van der Waals surface area contributed by atoms with Gasteiger partial charge in [0.15, 0.2) is 0 Å². The molecule has 0 spiro atoms. The van der Waals surface area contributed by atoms with Gasteiger partial charge in [0, 0.05) is 10.7 Å². The molecule has 0 aliphatic carbocycles. The monoisotopic (exact) mass is 242 g/mol. The normalized spacial score (nSPS) is 9.71. The van der Waals surface area contributed by atoms with Crippen LogP contribution in [0.4, 0.5) is 11.4 Å². The van der Waals surface area contributed by atoms with Crippen LogP contribution in [0, 0.1) is 18.3 Å². The standard InChI is InChI=1S/C14H11ClN2/c1-10-2-5-13(6-3-10)17-14-7-4-12(15)8-11(14)9-16/h2-8,17H,1H3. The highest BCUT2D eigenvalue weighted by Crippen LogP contribution is 2.23. The van der Waals surface area contributed by atoms with Gasteiger partial charge in [-0.05, 0) is 37.3 Å². The summed E-state index contributed by atoms with van der Waals surface area (Å²) in [6.45, 7) is 2.03. The quantitative estimate of drug-likeness (QED) is 0.854. The molecule has 0 saturated carbocycles. The van der Waals surface area contributed by atoms with Crippen molar-refractivity contribution in [3.8, 4) is 6.07 Å². The van der Waals surface area contributed by atoms with Gasteiger partial charge >= 0.3 is 0 Å². The molecular formula is C14H11ClN2. The third-order valence-electron chi connectivity index (χ3n) is 2.43. The number of hydrogen-bond acceptors (Lipinski definition) is 2. The van der Waals surface area contributed by atoms with Gasteiger partial charge in [0.05, 0.1) is 11.3 Å². The fourth-order valence-electron chi connectivity index (χ4n) is 1.51. The number of rotatable bonds is 2. The maximum atomic E-state index is 9.02. The van der Waals surface area contributed by atoms with Crippen molar-refractivity contribution in [2.24, 2.45) is 0 Å².